The van der Waals surface area contributed by atoms with Gasteiger partial charge in [-0.05, 0) is 49.9 Å². The van der Waals surface area contributed by atoms with Crippen LogP contribution < -0.4 is 0 Å². The van der Waals surface area contributed by atoms with E-state index in [-0.39, 0.29) is 25.4 Å². The first-order chi connectivity index (χ1) is 19.5. The van der Waals surface area contributed by atoms with E-state index in [9.17, 15) is 9.59 Å². The fraction of sp³-hybridized carbons (Fsp3) is 0.750. The van der Waals surface area contributed by atoms with Crippen molar-refractivity contribution in [2.24, 2.45) is 0 Å². The van der Waals surface area contributed by atoms with E-state index in [0.29, 0.717) is 37.6 Å². The summed E-state index contributed by atoms with van der Waals surface area (Å²) in [4.78, 5) is 24.9. The van der Waals surface area contributed by atoms with E-state index < -0.39 is 11.9 Å². The molecule has 2 unspecified atom stereocenters. The van der Waals surface area contributed by atoms with Gasteiger partial charge in [0.1, 0.15) is 13.2 Å². The highest BCUT2D eigenvalue weighted by atomic mass is 16.6. The minimum absolute atomic E-state index is 0.165. The van der Waals surface area contributed by atoms with Crippen molar-refractivity contribution in [2.75, 3.05) is 52.9 Å². The quantitative estimate of drug-likeness (QED) is 0.0895. The first-order valence-electron chi connectivity index (χ1n) is 15.4. The Morgan fingerprint density at radius 2 is 0.950 bits per heavy atom. The molecule has 0 fully saturated rings. The monoisotopic (exact) mass is 566 g/mol. The molecule has 1 aromatic rings. The van der Waals surface area contributed by atoms with Gasteiger partial charge in [-0.2, -0.15) is 0 Å². The van der Waals surface area contributed by atoms with Crippen LogP contribution in [0.2, 0.25) is 0 Å². The van der Waals surface area contributed by atoms with Crippen LogP contribution in [0.1, 0.15) is 113 Å². The second kappa shape index (κ2) is 24.8. The molecule has 0 aromatic heterocycles. The minimum Gasteiger partial charge on any atom is -0.459 e. The fourth-order valence-electron chi connectivity index (χ4n) is 3.83. The van der Waals surface area contributed by atoms with Crippen molar-refractivity contribution in [1.29, 1.82) is 0 Å². The van der Waals surface area contributed by atoms with E-state index in [1.54, 1.807) is 24.3 Å². The summed E-state index contributed by atoms with van der Waals surface area (Å²) >= 11 is 0. The van der Waals surface area contributed by atoms with Crippen molar-refractivity contribution in [3.8, 4) is 0 Å². The van der Waals surface area contributed by atoms with E-state index in [2.05, 4.69) is 13.8 Å². The molecule has 1 rings (SSSR count). The molecule has 40 heavy (non-hydrogen) atoms. The smallest absolute Gasteiger partial charge is 0.338 e. The largest absolute Gasteiger partial charge is 0.459 e. The number of rotatable bonds is 26. The van der Waals surface area contributed by atoms with E-state index in [1.807, 2.05) is 13.8 Å². The SMILES string of the molecule is CCCCCCOCCOC(CC)COC(=O)c1ccc(C(=O)OCC(CC)OCCOCCCCCC)cc1. The predicted molar refractivity (Wildman–Crippen MR) is 157 cm³/mol. The average molecular weight is 567 g/mol. The van der Waals surface area contributed by atoms with Crippen molar-refractivity contribution >= 4 is 11.9 Å². The van der Waals surface area contributed by atoms with Crippen LogP contribution in [0, 0.1) is 0 Å². The molecule has 0 heterocycles. The molecule has 0 aliphatic rings. The molecule has 0 bridgehead atoms. The zero-order chi connectivity index (χ0) is 29.3. The van der Waals surface area contributed by atoms with Gasteiger partial charge in [0.05, 0.1) is 49.8 Å². The molecule has 1 aromatic carbocycles. The lowest BCUT2D eigenvalue weighted by Gasteiger charge is -2.17. The zero-order valence-corrected chi connectivity index (χ0v) is 25.5. The molecule has 0 aliphatic heterocycles. The Balaban J connectivity index is 2.28. The summed E-state index contributed by atoms with van der Waals surface area (Å²) in [5.74, 6) is -0.914. The lowest BCUT2D eigenvalue weighted by atomic mass is 10.1. The number of carbonyl (C=O) groups excluding carboxylic acids is 2. The number of carbonyl (C=O) groups is 2. The van der Waals surface area contributed by atoms with E-state index >= 15 is 0 Å². The first-order valence-corrected chi connectivity index (χ1v) is 15.4. The van der Waals surface area contributed by atoms with Crippen LogP contribution in [0.25, 0.3) is 0 Å². The highest BCUT2D eigenvalue weighted by Crippen LogP contribution is 2.10. The van der Waals surface area contributed by atoms with Crippen molar-refractivity contribution in [1.82, 2.24) is 0 Å². The van der Waals surface area contributed by atoms with Gasteiger partial charge in [-0.25, -0.2) is 9.59 Å². The average Bonchev–Trinajstić information content (AvgIpc) is 2.98. The molecular weight excluding hydrogens is 512 g/mol. The van der Waals surface area contributed by atoms with Gasteiger partial charge in [-0.3, -0.25) is 0 Å². The molecule has 0 radical (unpaired) electrons. The topological polar surface area (TPSA) is 89.5 Å². The molecule has 2 atom stereocenters. The van der Waals surface area contributed by atoms with Crippen LogP contribution in [0.15, 0.2) is 24.3 Å². The maximum atomic E-state index is 12.5. The van der Waals surface area contributed by atoms with Crippen molar-refractivity contribution in [3.05, 3.63) is 35.4 Å². The Hall–Kier alpha value is -2.00. The molecular formula is C32H54O8. The molecule has 0 aliphatic carbocycles. The number of unbranched alkanes of at least 4 members (excludes halogenated alkanes) is 6. The number of hydrogen-bond donors (Lipinski definition) is 0. The Morgan fingerprint density at radius 1 is 0.550 bits per heavy atom. The maximum Gasteiger partial charge on any atom is 0.338 e. The zero-order valence-electron chi connectivity index (χ0n) is 25.5. The third kappa shape index (κ3) is 17.6. The molecule has 0 saturated heterocycles. The third-order valence-electron chi connectivity index (χ3n) is 6.51. The molecule has 8 nitrogen and oxygen atoms in total. The summed E-state index contributed by atoms with van der Waals surface area (Å²) in [6, 6.07) is 6.27. The highest BCUT2D eigenvalue weighted by Gasteiger charge is 2.16. The molecule has 0 N–H and O–H groups in total. The summed E-state index contributed by atoms with van der Waals surface area (Å²) < 4.78 is 33.6. The lowest BCUT2D eigenvalue weighted by Crippen LogP contribution is -2.24. The van der Waals surface area contributed by atoms with E-state index in [0.717, 1.165) is 38.9 Å². The second-order valence-electron chi connectivity index (χ2n) is 9.92. The number of benzene rings is 1. The first kappa shape index (κ1) is 36.0. The Kier molecular flexibility index (Phi) is 22.3. The standard InChI is InChI=1S/C32H54O8/c1-5-9-11-13-19-35-21-23-37-29(7-3)25-39-31(33)27-15-17-28(18-16-27)32(34)40-26-30(8-4)38-24-22-36-20-14-12-10-6-2/h15-18,29-30H,5-14,19-26H2,1-4H3. The van der Waals surface area contributed by atoms with Gasteiger partial charge in [-0.1, -0.05) is 66.2 Å². The molecule has 8 heteroatoms. The third-order valence-corrected chi connectivity index (χ3v) is 6.51. The number of ether oxygens (including phenoxy) is 6. The van der Waals surface area contributed by atoms with Crippen LogP contribution in [0.5, 0.6) is 0 Å². The molecule has 0 amide bonds. The normalized spacial score (nSPS) is 12.7. The second-order valence-corrected chi connectivity index (χ2v) is 9.92. The Labute approximate surface area is 242 Å². The summed E-state index contributed by atoms with van der Waals surface area (Å²) in [6.45, 7) is 12.2. The van der Waals surface area contributed by atoms with E-state index in [4.69, 9.17) is 28.4 Å². The summed E-state index contributed by atoms with van der Waals surface area (Å²) in [5, 5.41) is 0. The molecule has 0 spiro atoms. The maximum absolute atomic E-state index is 12.5. The number of hydrogen-bond acceptors (Lipinski definition) is 8. The molecule has 230 valence electrons. The van der Waals surface area contributed by atoms with Gasteiger partial charge < -0.3 is 28.4 Å². The van der Waals surface area contributed by atoms with Crippen molar-refractivity contribution < 1.29 is 38.0 Å². The fourth-order valence-corrected chi connectivity index (χ4v) is 3.83. The van der Waals surface area contributed by atoms with Crippen molar-refractivity contribution in [2.45, 2.75) is 104 Å². The minimum atomic E-state index is -0.457. The molecule has 0 saturated carbocycles. The van der Waals surface area contributed by atoms with Gasteiger partial charge >= 0.3 is 11.9 Å². The summed E-state index contributed by atoms with van der Waals surface area (Å²) in [5.41, 5.74) is 0.734. The van der Waals surface area contributed by atoms with Crippen LogP contribution in [0.4, 0.5) is 0 Å². The highest BCUT2D eigenvalue weighted by molar-refractivity contribution is 5.93. The van der Waals surface area contributed by atoms with Crippen LogP contribution in [-0.2, 0) is 28.4 Å². The van der Waals surface area contributed by atoms with Gasteiger partial charge in [-0.15, -0.1) is 0 Å². The van der Waals surface area contributed by atoms with Crippen molar-refractivity contribution in [3.63, 3.8) is 0 Å². The van der Waals surface area contributed by atoms with Crippen LogP contribution in [-0.4, -0.2) is 77.0 Å². The number of esters is 2. The Bertz CT molecular complexity index is 689. The van der Waals surface area contributed by atoms with Gasteiger partial charge in [0.15, 0.2) is 0 Å². The lowest BCUT2D eigenvalue weighted by molar-refractivity contribution is -0.0308. The van der Waals surface area contributed by atoms with E-state index in [1.165, 1.54) is 38.5 Å². The van der Waals surface area contributed by atoms with Crippen LogP contribution >= 0.6 is 0 Å². The summed E-state index contributed by atoms with van der Waals surface area (Å²) in [7, 11) is 0. The van der Waals surface area contributed by atoms with Crippen LogP contribution in [0.3, 0.4) is 0 Å². The van der Waals surface area contributed by atoms with Gasteiger partial charge in [0.2, 0.25) is 0 Å². The Morgan fingerprint density at radius 3 is 1.30 bits per heavy atom. The predicted octanol–water partition coefficient (Wildman–Crippen LogP) is 6.78. The van der Waals surface area contributed by atoms with Gasteiger partial charge in [0, 0.05) is 13.2 Å². The summed E-state index contributed by atoms with van der Waals surface area (Å²) in [6.07, 6.45) is 10.5. The van der Waals surface area contributed by atoms with Gasteiger partial charge in [0.25, 0.3) is 0 Å².